The Balaban J connectivity index is 1.91. The third-order valence-corrected chi connectivity index (χ3v) is 5.99. The molecule has 4 rings (SSSR count). The van der Waals surface area contributed by atoms with E-state index in [1.165, 1.54) is 5.56 Å². The molecule has 0 amide bonds. The van der Waals surface area contributed by atoms with Gasteiger partial charge in [-0.25, -0.2) is 9.53 Å². The van der Waals surface area contributed by atoms with Crippen LogP contribution in [0.2, 0.25) is 0 Å². The van der Waals surface area contributed by atoms with E-state index < -0.39 is 5.41 Å². The summed E-state index contributed by atoms with van der Waals surface area (Å²) in [6, 6.07) is 10.1. The molecular weight excluding hydrogens is 310 g/mol. The number of Topliss-reactive ketones (excluding diaryl/α,β-unsaturated/α-hetero) is 1. The third kappa shape index (κ3) is 2.12. The number of carbonyl (C=O) groups excluding carboxylic acids is 1. The van der Waals surface area contributed by atoms with Crippen LogP contribution in [0.1, 0.15) is 38.4 Å². The average Bonchev–Trinajstić information content (AvgIpc) is 3.05. The Morgan fingerprint density at radius 1 is 1.24 bits per heavy atom. The predicted molar refractivity (Wildman–Crippen MR) is 96.2 cm³/mol. The first-order valence-corrected chi connectivity index (χ1v) is 8.67. The van der Waals surface area contributed by atoms with Crippen molar-refractivity contribution in [2.24, 2.45) is 11.3 Å². The van der Waals surface area contributed by atoms with Crippen molar-refractivity contribution in [2.75, 3.05) is 0 Å². The van der Waals surface area contributed by atoms with Gasteiger partial charge in [0.15, 0.2) is 5.78 Å². The van der Waals surface area contributed by atoms with E-state index in [9.17, 15) is 4.79 Å². The molecule has 2 aliphatic carbocycles. The molecule has 0 N–H and O–H groups in total. The van der Waals surface area contributed by atoms with Crippen LogP contribution >= 0.6 is 0 Å². The summed E-state index contributed by atoms with van der Waals surface area (Å²) in [4.78, 5) is 16.2. The first kappa shape index (κ1) is 15.8. The lowest BCUT2D eigenvalue weighted by atomic mass is 9.53. The normalized spacial score (nSPS) is 27.0. The molecule has 0 fully saturated rings. The van der Waals surface area contributed by atoms with Crippen molar-refractivity contribution < 1.29 is 4.79 Å². The maximum atomic E-state index is 12.7. The summed E-state index contributed by atoms with van der Waals surface area (Å²) >= 11 is 0. The third-order valence-electron chi connectivity index (χ3n) is 5.99. The van der Waals surface area contributed by atoms with Crippen molar-refractivity contribution in [1.29, 1.82) is 0 Å². The van der Waals surface area contributed by atoms with Crippen molar-refractivity contribution in [3.63, 3.8) is 0 Å². The van der Waals surface area contributed by atoms with E-state index in [-0.39, 0.29) is 22.8 Å². The number of ketones is 1. The number of nitrogens with zero attached hydrogens (tertiary/aromatic N) is 3. The zero-order valence-corrected chi connectivity index (χ0v) is 14.8. The van der Waals surface area contributed by atoms with Crippen LogP contribution < -0.4 is 0 Å². The lowest BCUT2D eigenvalue weighted by Gasteiger charge is -2.49. The van der Waals surface area contributed by atoms with E-state index in [1.54, 1.807) is 0 Å². The maximum absolute atomic E-state index is 12.7. The molecule has 0 unspecified atom stereocenters. The lowest BCUT2D eigenvalue weighted by Crippen LogP contribution is -2.50. The number of benzene rings is 1. The number of aromatic nitrogens is 2. The highest BCUT2D eigenvalue weighted by Crippen LogP contribution is 2.54. The Kier molecular flexibility index (Phi) is 3.27. The number of carbonyl (C=O) groups is 1. The van der Waals surface area contributed by atoms with Crippen molar-refractivity contribution in [2.45, 2.75) is 39.0 Å². The Hall–Kier alpha value is -2.67. The molecule has 2 aliphatic rings. The van der Waals surface area contributed by atoms with Gasteiger partial charge in [0.05, 0.1) is 18.0 Å². The van der Waals surface area contributed by atoms with Crippen molar-refractivity contribution in [3.05, 3.63) is 71.0 Å². The van der Waals surface area contributed by atoms with Gasteiger partial charge in [0.25, 0.3) is 0 Å². The molecule has 0 saturated carbocycles. The van der Waals surface area contributed by atoms with Gasteiger partial charge in [-0.15, -0.1) is 0 Å². The van der Waals surface area contributed by atoms with Crippen molar-refractivity contribution in [1.82, 2.24) is 9.78 Å². The van der Waals surface area contributed by atoms with Gasteiger partial charge < -0.3 is 4.79 Å². The second-order valence-corrected chi connectivity index (χ2v) is 7.85. The molecule has 4 heteroatoms. The zero-order chi connectivity index (χ0) is 17.8. The summed E-state index contributed by atoms with van der Waals surface area (Å²) in [7, 11) is 0. The second kappa shape index (κ2) is 5.16. The fourth-order valence-corrected chi connectivity index (χ4v) is 4.72. The molecule has 0 aliphatic heterocycles. The summed E-state index contributed by atoms with van der Waals surface area (Å²) in [6.45, 7) is 13.5. The molecule has 2 aromatic rings. The average molecular weight is 331 g/mol. The van der Waals surface area contributed by atoms with Gasteiger partial charge in [-0.05, 0) is 36.5 Å². The molecule has 0 saturated heterocycles. The van der Waals surface area contributed by atoms with E-state index in [4.69, 9.17) is 11.7 Å². The number of aryl methyl sites for hydroxylation is 1. The first-order valence-electron chi connectivity index (χ1n) is 8.67. The molecule has 1 aromatic heterocycles. The Morgan fingerprint density at radius 3 is 2.64 bits per heavy atom. The van der Waals surface area contributed by atoms with Crippen LogP contribution in [0, 0.1) is 17.9 Å². The van der Waals surface area contributed by atoms with Crippen LogP contribution in [0.25, 0.3) is 10.5 Å². The van der Waals surface area contributed by atoms with E-state index in [1.807, 2.05) is 54.9 Å². The molecular formula is C21H21N3O. The molecule has 126 valence electrons. The van der Waals surface area contributed by atoms with Gasteiger partial charge in [0.2, 0.25) is 5.70 Å². The fourth-order valence-electron chi connectivity index (χ4n) is 4.72. The number of fused-ring (bicyclic) bond motifs is 3. The van der Waals surface area contributed by atoms with E-state index in [0.717, 1.165) is 24.2 Å². The Bertz CT molecular complexity index is 930. The van der Waals surface area contributed by atoms with Crippen molar-refractivity contribution in [3.8, 4) is 5.69 Å². The van der Waals surface area contributed by atoms with Crippen LogP contribution in [0.3, 0.4) is 0 Å². The van der Waals surface area contributed by atoms with Gasteiger partial charge >= 0.3 is 0 Å². The minimum atomic E-state index is -0.544. The van der Waals surface area contributed by atoms with Gasteiger partial charge in [-0.1, -0.05) is 45.0 Å². The summed E-state index contributed by atoms with van der Waals surface area (Å²) in [5.41, 5.74) is 2.58. The first-order chi connectivity index (χ1) is 11.9. The number of allylic oxidation sites excluding steroid dienone is 2. The van der Waals surface area contributed by atoms with Gasteiger partial charge in [0.1, 0.15) is 0 Å². The van der Waals surface area contributed by atoms with E-state index >= 15 is 0 Å². The van der Waals surface area contributed by atoms with E-state index in [2.05, 4.69) is 18.0 Å². The van der Waals surface area contributed by atoms with Crippen LogP contribution in [0.4, 0.5) is 0 Å². The summed E-state index contributed by atoms with van der Waals surface area (Å²) < 4.78 is 1.92. The maximum Gasteiger partial charge on any atom is 0.226 e. The summed E-state index contributed by atoms with van der Waals surface area (Å²) in [5, 5.41) is 4.89. The van der Waals surface area contributed by atoms with Gasteiger partial charge in [0, 0.05) is 17.0 Å². The molecule has 1 aromatic carbocycles. The fraction of sp³-hybridized carbons (Fsp3) is 0.381. The molecule has 25 heavy (non-hydrogen) atoms. The topological polar surface area (TPSA) is 39.2 Å². The lowest BCUT2D eigenvalue weighted by molar-refractivity contribution is -0.128. The zero-order valence-electron chi connectivity index (χ0n) is 14.8. The summed E-state index contributed by atoms with van der Waals surface area (Å²) in [5.74, 6) is 0.126. The van der Waals surface area contributed by atoms with Crippen LogP contribution in [-0.4, -0.2) is 15.6 Å². The number of hydrogen-bond acceptors (Lipinski definition) is 2. The molecule has 2 atom stereocenters. The Labute approximate surface area is 148 Å². The van der Waals surface area contributed by atoms with Crippen LogP contribution in [0.5, 0.6) is 0 Å². The molecule has 1 heterocycles. The number of hydrogen-bond donors (Lipinski definition) is 0. The highest BCUT2D eigenvalue weighted by Gasteiger charge is 2.54. The van der Waals surface area contributed by atoms with E-state index in [0.29, 0.717) is 0 Å². The van der Waals surface area contributed by atoms with Crippen LogP contribution in [0.15, 0.2) is 48.3 Å². The summed E-state index contributed by atoms with van der Waals surface area (Å²) in [6.07, 6.45) is 5.82. The number of para-hydroxylation sites is 1. The van der Waals surface area contributed by atoms with Crippen LogP contribution in [-0.2, 0) is 16.6 Å². The molecule has 0 bridgehead atoms. The highest BCUT2D eigenvalue weighted by molar-refractivity contribution is 6.02. The predicted octanol–water partition coefficient (Wildman–Crippen LogP) is 4.10. The Morgan fingerprint density at radius 2 is 1.96 bits per heavy atom. The monoisotopic (exact) mass is 331 g/mol. The standard InChI is InChI=1S/C21H21N3O/c1-20(2)17-11-10-14-13-24(15-8-6-5-7-9-15)23-18(14)21(17,3)12-16(22-4)19(20)25/h5-9,12-13,17H,10-11H2,1-3H3/t17-,21-/m0/s1. The molecule has 0 radical (unpaired) electrons. The largest absolute Gasteiger partial charge is 0.307 e. The minimum Gasteiger partial charge on any atom is -0.307 e. The number of rotatable bonds is 1. The smallest absolute Gasteiger partial charge is 0.226 e. The minimum absolute atomic E-state index is 0.0316. The molecule has 0 spiro atoms. The highest BCUT2D eigenvalue weighted by atomic mass is 16.1. The second-order valence-electron chi connectivity index (χ2n) is 7.85. The van der Waals surface area contributed by atoms with Gasteiger partial charge in [-0.2, -0.15) is 5.10 Å². The molecule has 4 nitrogen and oxygen atoms in total. The SMILES string of the molecule is [C-]#[N+]C1=C[C@]2(C)c3nn(-c4ccccc4)cc3CC[C@H]2C(C)(C)C1=O. The quantitative estimate of drug-likeness (QED) is 0.738. The van der Waals surface area contributed by atoms with Crippen molar-refractivity contribution >= 4 is 5.78 Å². The van der Waals surface area contributed by atoms with Gasteiger partial charge in [-0.3, -0.25) is 0 Å².